The quantitative estimate of drug-likeness (QED) is 0.838. The summed E-state index contributed by atoms with van der Waals surface area (Å²) >= 11 is 0. The molecule has 0 saturated carbocycles. The van der Waals surface area contributed by atoms with Crippen molar-refractivity contribution in [2.75, 3.05) is 39.4 Å². The Balaban J connectivity index is 1.41. The summed E-state index contributed by atoms with van der Waals surface area (Å²) in [5, 5.41) is 3.01. The van der Waals surface area contributed by atoms with Gasteiger partial charge in [0.05, 0.1) is 0 Å². The van der Waals surface area contributed by atoms with E-state index < -0.39 is 0 Å². The molecule has 3 fully saturated rings. The summed E-state index contributed by atoms with van der Waals surface area (Å²) in [6.45, 7) is 6.75. The molecule has 1 N–H and O–H groups in total. The van der Waals surface area contributed by atoms with E-state index in [1.165, 1.54) is 0 Å². The van der Waals surface area contributed by atoms with Crippen LogP contribution in [0.25, 0.3) is 0 Å². The molecule has 1 spiro atoms. The minimum Gasteiger partial charge on any atom is -0.381 e. The first kappa shape index (κ1) is 14.6. The molecule has 0 bridgehead atoms. The maximum absolute atomic E-state index is 12.2. The van der Waals surface area contributed by atoms with Crippen LogP contribution in [0.3, 0.4) is 0 Å². The lowest BCUT2D eigenvalue weighted by Gasteiger charge is -2.52. The molecule has 3 heterocycles. The maximum Gasteiger partial charge on any atom is 0.317 e. The van der Waals surface area contributed by atoms with E-state index in [-0.39, 0.29) is 18.0 Å². The van der Waals surface area contributed by atoms with Crippen LogP contribution in [0, 0.1) is 5.41 Å². The van der Waals surface area contributed by atoms with Crippen LogP contribution in [0.2, 0.25) is 0 Å². The van der Waals surface area contributed by atoms with Crippen molar-refractivity contribution in [3.8, 4) is 0 Å². The highest BCUT2D eigenvalue weighted by atomic mass is 16.5. The average Bonchev–Trinajstić information content (AvgIpc) is 2.82. The zero-order chi connectivity index (χ0) is 14.9. The lowest BCUT2D eigenvalue weighted by Crippen LogP contribution is -2.63. The molecule has 0 aromatic carbocycles. The molecule has 0 aliphatic carbocycles. The minimum absolute atomic E-state index is 0.00536. The number of nitrogens with zero attached hydrogens (tertiary/aromatic N) is 2. The Bertz CT molecular complexity index is 412. The first-order valence-electron chi connectivity index (χ1n) is 7.99. The van der Waals surface area contributed by atoms with E-state index >= 15 is 0 Å². The lowest BCUT2D eigenvalue weighted by molar-refractivity contribution is -0.127. The summed E-state index contributed by atoms with van der Waals surface area (Å²) in [5.74, 6) is 0.209. The third-order valence-electron chi connectivity index (χ3n) is 4.93. The smallest absolute Gasteiger partial charge is 0.317 e. The first-order chi connectivity index (χ1) is 10.1. The van der Waals surface area contributed by atoms with Crippen molar-refractivity contribution in [1.29, 1.82) is 0 Å². The molecule has 1 unspecified atom stereocenters. The molecule has 0 radical (unpaired) electrons. The molecule has 118 valence electrons. The summed E-state index contributed by atoms with van der Waals surface area (Å²) in [6, 6.07) is 0.0112. The monoisotopic (exact) mass is 295 g/mol. The number of carbonyl (C=O) groups is 2. The zero-order valence-corrected chi connectivity index (χ0v) is 12.8. The topological polar surface area (TPSA) is 61.9 Å². The minimum atomic E-state index is 0.00536. The van der Waals surface area contributed by atoms with Crippen LogP contribution >= 0.6 is 0 Å². The van der Waals surface area contributed by atoms with Crippen molar-refractivity contribution in [1.82, 2.24) is 15.1 Å². The molecule has 0 aromatic rings. The number of urea groups is 1. The Kier molecular flexibility index (Phi) is 4.06. The number of rotatable bonds is 3. The molecule has 6 nitrogen and oxygen atoms in total. The highest BCUT2D eigenvalue weighted by Gasteiger charge is 2.45. The van der Waals surface area contributed by atoms with Gasteiger partial charge < -0.3 is 19.9 Å². The molecule has 6 heteroatoms. The number of amides is 3. The van der Waals surface area contributed by atoms with Gasteiger partial charge in [-0.3, -0.25) is 4.79 Å². The number of nitrogens with one attached hydrogen (secondary N) is 1. The van der Waals surface area contributed by atoms with Crippen molar-refractivity contribution in [3.05, 3.63) is 0 Å². The standard InChI is InChI=1S/C15H25N3O3/c1-12(9-17-6-2-3-13(17)19)16-14(20)18-10-15(11-18)4-7-21-8-5-15/h12H,2-11H2,1H3,(H,16,20). The molecular formula is C15H25N3O3. The van der Waals surface area contributed by atoms with Crippen LogP contribution in [0.4, 0.5) is 4.79 Å². The van der Waals surface area contributed by atoms with Crippen LogP contribution in [0.1, 0.15) is 32.6 Å². The van der Waals surface area contributed by atoms with Gasteiger partial charge in [-0.25, -0.2) is 4.79 Å². The first-order valence-corrected chi connectivity index (χ1v) is 7.99. The lowest BCUT2D eigenvalue weighted by atomic mass is 9.73. The highest BCUT2D eigenvalue weighted by Crippen LogP contribution is 2.39. The van der Waals surface area contributed by atoms with E-state index in [0.717, 1.165) is 52.1 Å². The largest absolute Gasteiger partial charge is 0.381 e. The number of ether oxygens (including phenoxy) is 1. The average molecular weight is 295 g/mol. The Labute approximate surface area is 125 Å². The van der Waals surface area contributed by atoms with Gasteiger partial charge in [-0.2, -0.15) is 0 Å². The van der Waals surface area contributed by atoms with E-state index in [1.54, 1.807) is 0 Å². The zero-order valence-electron chi connectivity index (χ0n) is 12.8. The van der Waals surface area contributed by atoms with Gasteiger partial charge in [-0.05, 0) is 26.2 Å². The van der Waals surface area contributed by atoms with Crippen LogP contribution in [0.15, 0.2) is 0 Å². The van der Waals surface area contributed by atoms with Crippen molar-refractivity contribution < 1.29 is 14.3 Å². The normalized spacial score (nSPS) is 25.9. The van der Waals surface area contributed by atoms with E-state index in [9.17, 15) is 9.59 Å². The molecule has 0 aromatic heterocycles. The van der Waals surface area contributed by atoms with E-state index in [0.29, 0.717) is 18.4 Å². The highest BCUT2D eigenvalue weighted by molar-refractivity contribution is 5.78. The van der Waals surface area contributed by atoms with Gasteiger partial charge in [0.15, 0.2) is 0 Å². The summed E-state index contributed by atoms with van der Waals surface area (Å²) in [6.07, 6.45) is 3.72. The second kappa shape index (κ2) is 5.83. The van der Waals surface area contributed by atoms with E-state index in [4.69, 9.17) is 4.74 Å². The molecule has 3 rings (SSSR count). The van der Waals surface area contributed by atoms with Crippen LogP contribution in [-0.2, 0) is 9.53 Å². The van der Waals surface area contributed by atoms with Gasteiger partial charge in [0.2, 0.25) is 5.91 Å². The Morgan fingerprint density at radius 3 is 2.71 bits per heavy atom. The summed E-state index contributed by atoms with van der Waals surface area (Å²) in [4.78, 5) is 27.5. The number of likely N-dealkylation sites (tertiary alicyclic amines) is 2. The predicted octanol–water partition coefficient (Wildman–Crippen LogP) is 0.819. The molecule has 3 aliphatic heterocycles. The van der Waals surface area contributed by atoms with Crippen molar-refractivity contribution in [2.24, 2.45) is 5.41 Å². The second-order valence-electron chi connectivity index (χ2n) is 6.76. The Morgan fingerprint density at radius 1 is 1.38 bits per heavy atom. The molecule has 3 aliphatic rings. The molecule has 3 saturated heterocycles. The fourth-order valence-electron chi connectivity index (χ4n) is 3.60. The van der Waals surface area contributed by atoms with E-state index in [1.807, 2.05) is 16.7 Å². The Hall–Kier alpha value is -1.30. The van der Waals surface area contributed by atoms with Crippen molar-refractivity contribution in [3.63, 3.8) is 0 Å². The third-order valence-corrected chi connectivity index (χ3v) is 4.93. The van der Waals surface area contributed by atoms with Crippen LogP contribution in [-0.4, -0.2) is 67.2 Å². The predicted molar refractivity (Wildman–Crippen MR) is 77.9 cm³/mol. The Morgan fingerprint density at radius 2 is 2.10 bits per heavy atom. The number of carbonyl (C=O) groups excluding carboxylic acids is 2. The molecule has 3 amide bonds. The summed E-state index contributed by atoms with van der Waals surface area (Å²) in [7, 11) is 0. The SMILES string of the molecule is CC(CN1CCCC1=O)NC(=O)N1CC2(CCOCC2)C1. The van der Waals surface area contributed by atoms with Gasteiger partial charge in [0.25, 0.3) is 0 Å². The van der Waals surface area contributed by atoms with Gasteiger partial charge >= 0.3 is 6.03 Å². The second-order valence-corrected chi connectivity index (χ2v) is 6.76. The van der Waals surface area contributed by atoms with Gasteiger partial charge in [-0.15, -0.1) is 0 Å². The van der Waals surface area contributed by atoms with Crippen molar-refractivity contribution >= 4 is 11.9 Å². The maximum atomic E-state index is 12.2. The van der Waals surface area contributed by atoms with Gasteiger partial charge in [0.1, 0.15) is 0 Å². The van der Waals surface area contributed by atoms with Crippen molar-refractivity contribution in [2.45, 2.75) is 38.6 Å². The summed E-state index contributed by atoms with van der Waals surface area (Å²) in [5.41, 5.74) is 0.309. The van der Waals surface area contributed by atoms with E-state index in [2.05, 4.69) is 5.32 Å². The number of hydrogen-bond donors (Lipinski definition) is 1. The molecule has 1 atom stereocenters. The van der Waals surface area contributed by atoms with Gasteiger partial charge in [-0.1, -0.05) is 0 Å². The fraction of sp³-hybridized carbons (Fsp3) is 0.867. The van der Waals surface area contributed by atoms with Crippen LogP contribution < -0.4 is 5.32 Å². The summed E-state index contributed by atoms with van der Waals surface area (Å²) < 4.78 is 5.39. The molecule has 21 heavy (non-hydrogen) atoms. The van der Waals surface area contributed by atoms with Crippen LogP contribution in [0.5, 0.6) is 0 Å². The molecular weight excluding hydrogens is 270 g/mol. The third kappa shape index (κ3) is 3.15. The number of hydrogen-bond acceptors (Lipinski definition) is 3. The fourth-order valence-corrected chi connectivity index (χ4v) is 3.60. The van der Waals surface area contributed by atoms with Gasteiger partial charge in [0, 0.05) is 57.3 Å².